The van der Waals surface area contributed by atoms with Gasteiger partial charge in [0.1, 0.15) is 11.6 Å². The number of carbonyl (C=O) groups excluding carboxylic acids is 2. The van der Waals surface area contributed by atoms with Gasteiger partial charge in [-0.15, -0.1) is 11.8 Å². The highest BCUT2D eigenvalue weighted by molar-refractivity contribution is 8.00. The SMILES string of the molecule is CCCN(C(=C=O)CC(SC)(C(=O)OCC)N(C)C)N(CC)CC. The van der Waals surface area contributed by atoms with Crippen molar-refractivity contribution in [3.8, 4) is 0 Å². The third-order valence-corrected chi connectivity index (χ3v) is 5.35. The van der Waals surface area contributed by atoms with Gasteiger partial charge in [0.15, 0.2) is 4.87 Å². The number of hydrazine groups is 1. The maximum absolute atomic E-state index is 12.6. The molecule has 0 heterocycles. The zero-order valence-corrected chi connectivity index (χ0v) is 17.0. The Morgan fingerprint density at radius 2 is 1.75 bits per heavy atom. The predicted molar refractivity (Wildman–Crippen MR) is 100 cm³/mol. The summed E-state index contributed by atoms with van der Waals surface area (Å²) in [5, 5.41) is 4.05. The van der Waals surface area contributed by atoms with E-state index in [-0.39, 0.29) is 12.4 Å². The Morgan fingerprint density at radius 3 is 2.08 bits per heavy atom. The molecule has 6 nitrogen and oxygen atoms in total. The van der Waals surface area contributed by atoms with Gasteiger partial charge in [-0.1, -0.05) is 20.8 Å². The lowest BCUT2D eigenvalue weighted by atomic mass is 10.1. The van der Waals surface area contributed by atoms with E-state index in [1.807, 2.05) is 44.1 Å². The summed E-state index contributed by atoms with van der Waals surface area (Å²) in [4.78, 5) is 25.2. The molecule has 0 amide bonds. The summed E-state index contributed by atoms with van der Waals surface area (Å²) in [5.74, 6) is 1.75. The normalized spacial score (nSPS) is 13.5. The monoisotopic (exact) mass is 359 g/mol. The summed E-state index contributed by atoms with van der Waals surface area (Å²) >= 11 is 1.39. The van der Waals surface area contributed by atoms with Crippen LogP contribution in [0, 0.1) is 0 Å². The lowest BCUT2D eigenvalue weighted by Crippen LogP contribution is -2.52. The van der Waals surface area contributed by atoms with Crippen LogP contribution in [-0.2, 0) is 14.3 Å². The Bertz CT molecular complexity index is 435. The fourth-order valence-electron chi connectivity index (χ4n) is 2.63. The highest BCUT2D eigenvalue weighted by atomic mass is 32.2. The van der Waals surface area contributed by atoms with Crippen molar-refractivity contribution >= 4 is 23.7 Å². The van der Waals surface area contributed by atoms with Crippen LogP contribution in [0.3, 0.4) is 0 Å². The number of nitrogens with zero attached hydrogens (tertiary/aromatic N) is 3. The summed E-state index contributed by atoms with van der Waals surface area (Å²) in [7, 11) is 3.66. The molecule has 1 unspecified atom stereocenters. The number of thioether (sulfide) groups is 1. The van der Waals surface area contributed by atoms with Crippen molar-refractivity contribution in [2.45, 2.75) is 45.4 Å². The quantitative estimate of drug-likeness (QED) is 0.229. The largest absolute Gasteiger partial charge is 0.464 e. The van der Waals surface area contributed by atoms with E-state index in [1.54, 1.807) is 6.92 Å². The second kappa shape index (κ2) is 11.5. The van der Waals surface area contributed by atoms with Crippen LogP contribution >= 0.6 is 11.8 Å². The van der Waals surface area contributed by atoms with E-state index < -0.39 is 4.87 Å². The molecule has 0 saturated heterocycles. The van der Waals surface area contributed by atoms with Gasteiger partial charge in [-0.25, -0.2) is 14.6 Å². The topological polar surface area (TPSA) is 53.1 Å². The van der Waals surface area contributed by atoms with Gasteiger partial charge in [-0.2, -0.15) is 0 Å². The van der Waals surface area contributed by atoms with E-state index in [1.165, 1.54) is 11.8 Å². The van der Waals surface area contributed by atoms with E-state index >= 15 is 0 Å². The maximum atomic E-state index is 12.6. The van der Waals surface area contributed by atoms with E-state index in [2.05, 4.69) is 17.9 Å². The molecule has 0 aliphatic heterocycles. The summed E-state index contributed by atoms with van der Waals surface area (Å²) < 4.78 is 5.28. The Balaban J connectivity index is 5.76. The molecule has 0 aliphatic rings. The lowest BCUT2D eigenvalue weighted by Gasteiger charge is -2.40. The molecule has 0 bridgehead atoms. The zero-order valence-electron chi connectivity index (χ0n) is 16.2. The van der Waals surface area contributed by atoms with Crippen molar-refractivity contribution in [1.82, 2.24) is 14.9 Å². The van der Waals surface area contributed by atoms with Crippen molar-refractivity contribution in [2.24, 2.45) is 0 Å². The molecular formula is C17H33N3O3S. The number of esters is 1. The molecular weight excluding hydrogens is 326 g/mol. The molecule has 0 spiro atoms. The number of hydrogen-bond donors (Lipinski definition) is 0. The van der Waals surface area contributed by atoms with Crippen LogP contribution in [0.4, 0.5) is 0 Å². The first-order chi connectivity index (χ1) is 11.4. The average molecular weight is 360 g/mol. The first-order valence-corrected chi connectivity index (χ1v) is 9.76. The maximum Gasteiger partial charge on any atom is 0.337 e. The number of ether oxygens (including phenoxy) is 1. The Kier molecular flexibility index (Phi) is 11.0. The fourth-order valence-corrected chi connectivity index (χ4v) is 3.50. The van der Waals surface area contributed by atoms with Crippen LogP contribution in [0.5, 0.6) is 0 Å². The van der Waals surface area contributed by atoms with Gasteiger partial charge in [0.05, 0.1) is 6.61 Å². The molecule has 140 valence electrons. The minimum atomic E-state index is -0.943. The van der Waals surface area contributed by atoms with Crippen LogP contribution in [0.1, 0.15) is 40.5 Å². The van der Waals surface area contributed by atoms with E-state index in [4.69, 9.17) is 4.74 Å². The molecule has 7 heteroatoms. The number of carbonyl (C=O) groups is 1. The first-order valence-electron chi connectivity index (χ1n) is 8.54. The summed E-state index contributed by atoms with van der Waals surface area (Å²) in [6.07, 6.45) is 3.01. The molecule has 0 N–H and O–H groups in total. The zero-order chi connectivity index (χ0) is 18.8. The molecule has 0 aromatic heterocycles. The Hall–Kier alpha value is -1.01. The van der Waals surface area contributed by atoms with E-state index in [0.717, 1.165) is 19.5 Å². The van der Waals surface area contributed by atoms with Gasteiger partial charge < -0.3 is 4.74 Å². The standard InChI is InChI=1S/C17H33N3O3S/c1-8-12-20(19(9-2)10-3)15(14-21)13-17(24-7,18(5)6)16(22)23-11-4/h8-13H2,1-7H3. The van der Waals surface area contributed by atoms with E-state index in [9.17, 15) is 9.59 Å². The van der Waals surface area contributed by atoms with Crippen molar-refractivity contribution < 1.29 is 14.3 Å². The third-order valence-electron chi connectivity index (χ3n) is 4.00. The molecule has 0 aromatic rings. The van der Waals surface area contributed by atoms with Gasteiger partial charge in [0.25, 0.3) is 0 Å². The van der Waals surface area contributed by atoms with Crippen LogP contribution in [-0.4, -0.2) is 78.3 Å². The highest BCUT2D eigenvalue weighted by Crippen LogP contribution is 2.34. The van der Waals surface area contributed by atoms with Crippen LogP contribution in [0.2, 0.25) is 0 Å². The molecule has 0 aromatic carbocycles. The second-order valence-corrected chi connectivity index (χ2v) is 6.67. The van der Waals surface area contributed by atoms with Crippen LogP contribution < -0.4 is 0 Å². The summed E-state index contributed by atoms with van der Waals surface area (Å²) in [6, 6.07) is 0. The Morgan fingerprint density at radius 1 is 1.17 bits per heavy atom. The van der Waals surface area contributed by atoms with E-state index in [0.29, 0.717) is 18.8 Å². The first kappa shape index (κ1) is 23.0. The minimum absolute atomic E-state index is 0.250. The molecule has 1 atom stereocenters. The molecule has 0 radical (unpaired) electrons. The molecule has 0 aliphatic carbocycles. The average Bonchev–Trinajstić information content (AvgIpc) is 2.56. The summed E-state index contributed by atoms with van der Waals surface area (Å²) in [6.45, 7) is 10.6. The highest BCUT2D eigenvalue weighted by Gasteiger charge is 2.44. The second-order valence-electron chi connectivity index (χ2n) is 5.59. The summed E-state index contributed by atoms with van der Waals surface area (Å²) in [5.41, 5.74) is 0.483. The molecule has 0 fully saturated rings. The van der Waals surface area contributed by atoms with Crippen molar-refractivity contribution in [1.29, 1.82) is 0 Å². The minimum Gasteiger partial charge on any atom is -0.464 e. The smallest absolute Gasteiger partial charge is 0.337 e. The number of likely N-dealkylation sites (N-methyl/N-ethyl adjacent to an activating group) is 1. The van der Waals surface area contributed by atoms with Gasteiger partial charge in [-0.05, 0) is 33.7 Å². The van der Waals surface area contributed by atoms with Gasteiger partial charge in [0.2, 0.25) is 0 Å². The molecule has 0 rings (SSSR count). The van der Waals surface area contributed by atoms with Gasteiger partial charge in [0, 0.05) is 26.1 Å². The molecule has 0 saturated carbocycles. The number of hydrogen-bond acceptors (Lipinski definition) is 7. The Labute approximate surface area is 151 Å². The fraction of sp³-hybridized carbons (Fsp3) is 0.824. The van der Waals surface area contributed by atoms with Crippen molar-refractivity contribution in [3.63, 3.8) is 0 Å². The van der Waals surface area contributed by atoms with Crippen LogP contribution in [0.25, 0.3) is 0 Å². The van der Waals surface area contributed by atoms with Gasteiger partial charge >= 0.3 is 5.97 Å². The molecule has 24 heavy (non-hydrogen) atoms. The predicted octanol–water partition coefficient (Wildman–Crippen LogP) is 2.24. The van der Waals surface area contributed by atoms with Gasteiger partial charge in [-0.3, -0.25) is 9.91 Å². The van der Waals surface area contributed by atoms with Crippen molar-refractivity contribution in [3.05, 3.63) is 5.70 Å². The van der Waals surface area contributed by atoms with Crippen LogP contribution in [0.15, 0.2) is 5.70 Å². The lowest BCUT2D eigenvalue weighted by molar-refractivity contribution is -0.150. The third kappa shape index (κ3) is 5.52. The number of rotatable bonds is 12. The van der Waals surface area contributed by atoms with Crippen molar-refractivity contribution in [2.75, 3.05) is 46.6 Å².